The molecule has 0 amide bonds. The normalized spacial score (nSPS) is 21.1. The second-order valence-electron chi connectivity index (χ2n) is 13.3. The van der Waals surface area contributed by atoms with Crippen molar-refractivity contribution >= 4 is 24.3 Å². The van der Waals surface area contributed by atoms with Gasteiger partial charge in [-0.3, -0.25) is 0 Å². The topological polar surface area (TPSA) is 9.23 Å². The van der Waals surface area contributed by atoms with Crippen molar-refractivity contribution in [3.05, 3.63) is 155 Å². The SMILES string of the molecule is C=CC1CCCC1c1c(Oc2ccc(C(F)(F)F)c(C=Cc3ccccc3)c2C2CCCC2C=C)ccc(C(F)(F)F)c1C=Cc1ccccc1. The van der Waals surface area contributed by atoms with E-state index in [0.717, 1.165) is 48.9 Å². The van der Waals surface area contributed by atoms with Crippen molar-refractivity contribution in [2.24, 2.45) is 11.8 Å². The molecular weight excluding hydrogens is 658 g/mol. The van der Waals surface area contributed by atoms with E-state index in [1.807, 2.05) is 60.7 Å². The van der Waals surface area contributed by atoms with Crippen LogP contribution in [0.2, 0.25) is 0 Å². The van der Waals surface area contributed by atoms with Crippen LogP contribution < -0.4 is 4.74 Å². The van der Waals surface area contributed by atoms with E-state index in [0.29, 0.717) is 24.0 Å². The van der Waals surface area contributed by atoms with Gasteiger partial charge in [-0.1, -0.05) is 110 Å². The van der Waals surface area contributed by atoms with Gasteiger partial charge >= 0.3 is 12.4 Å². The molecule has 2 aliphatic carbocycles. The minimum absolute atomic E-state index is 0.00917. The third-order valence-electron chi connectivity index (χ3n) is 10.3. The van der Waals surface area contributed by atoms with Crippen LogP contribution >= 0.6 is 0 Å². The maximum Gasteiger partial charge on any atom is 0.417 e. The van der Waals surface area contributed by atoms with Crippen molar-refractivity contribution in [3.63, 3.8) is 0 Å². The summed E-state index contributed by atoms with van der Waals surface area (Å²) in [7, 11) is 0. The molecule has 4 unspecified atom stereocenters. The van der Waals surface area contributed by atoms with Crippen LogP contribution in [0.5, 0.6) is 11.5 Å². The van der Waals surface area contributed by atoms with Crippen LogP contribution in [0, 0.1) is 11.8 Å². The van der Waals surface area contributed by atoms with E-state index in [1.165, 1.54) is 24.3 Å². The number of rotatable bonds is 10. The lowest BCUT2D eigenvalue weighted by atomic mass is 9.82. The summed E-state index contributed by atoms with van der Waals surface area (Å²) in [6, 6.07) is 22.8. The van der Waals surface area contributed by atoms with E-state index in [4.69, 9.17) is 4.74 Å². The number of hydrogen-bond acceptors (Lipinski definition) is 1. The third-order valence-corrected chi connectivity index (χ3v) is 10.3. The van der Waals surface area contributed by atoms with E-state index >= 15 is 0 Å². The highest BCUT2D eigenvalue weighted by molar-refractivity contribution is 5.77. The second-order valence-corrected chi connectivity index (χ2v) is 13.3. The molecule has 0 heterocycles. The predicted molar refractivity (Wildman–Crippen MR) is 194 cm³/mol. The summed E-state index contributed by atoms with van der Waals surface area (Å²) in [5.41, 5.74) is 0.617. The molecular formula is C44H40F6O. The monoisotopic (exact) mass is 698 g/mol. The molecule has 0 aromatic heterocycles. The maximum absolute atomic E-state index is 14.7. The maximum atomic E-state index is 14.7. The molecule has 0 saturated heterocycles. The number of allylic oxidation sites excluding steroid dienone is 2. The summed E-state index contributed by atoms with van der Waals surface area (Å²) in [6.45, 7) is 7.99. The number of benzene rings is 4. The Kier molecular flexibility index (Phi) is 10.8. The van der Waals surface area contributed by atoms with E-state index in [1.54, 1.807) is 24.3 Å². The van der Waals surface area contributed by atoms with Crippen molar-refractivity contribution in [1.82, 2.24) is 0 Å². The highest BCUT2D eigenvalue weighted by Crippen LogP contribution is 2.53. The molecule has 4 atom stereocenters. The lowest BCUT2D eigenvalue weighted by Gasteiger charge is -2.28. The van der Waals surface area contributed by atoms with Crippen LogP contribution in [0.4, 0.5) is 26.3 Å². The Labute approximate surface area is 295 Å². The molecule has 7 heteroatoms. The van der Waals surface area contributed by atoms with Gasteiger partial charge in [0.05, 0.1) is 11.1 Å². The van der Waals surface area contributed by atoms with Gasteiger partial charge in [-0.05, 0) is 95.9 Å². The Morgan fingerprint density at radius 3 is 1.25 bits per heavy atom. The minimum atomic E-state index is -4.66. The molecule has 264 valence electrons. The van der Waals surface area contributed by atoms with Crippen LogP contribution in [-0.4, -0.2) is 0 Å². The average Bonchev–Trinajstić information content (AvgIpc) is 3.79. The molecule has 2 aliphatic rings. The van der Waals surface area contributed by atoms with Gasteiger partial charge in [-0.2, -0.15) is 26.3 Å². The smallest absolute Gasteiger partial charge is 0.417 e. The van der Waals surface area contributed by atoms with Gasteiger partial charge in [-0.15, -0.1) is 13.2 Å². The van der Waals surface area contributed by atoms with Gasteiger partial charge in [0.15, 0.2) is 0 Å². The van der Waals surface area contributed by atoms with Crippen LogP contribution in [0.1, 0.15) is 94.9 Å². The van der Waals surface area contributed by atoms with Crippen molar-refractivity contribution in [2.45, 2.75) is 62.7 Å². The Balaban J connectivity index is 1.60. The van der Waals surface area contributed by atoms with Gasteiger partial charge < -0.3 is 4.74 Å². The largest absolute Gasteiger partial charge is 0.457 e. The molecule has 1 nitrogen and oxygen atoms in total. The lowest BCUT2D eigenvalue weighted by Crippen LogP contribution is -2.16. The summed E-state index contributed by atoms with van der Waals surface area (Å²) in [6.07, 6.45) is 4.87. The van der Waals surface area contributed by atoms with Gasteiger partial charge in [0.2, 0.25) is 0 Å². The minimum Gasteiger partial charge on any atom is -0.457 e. The first kappa shape index (κ1) is 36.0. The average molecular weight is 699 g/mol. The molecule has 2 saturated carbocycles. The Bertz CT molecular complexity index is 1760. The molecule has 0 N–H and O–H groups in total. The Morgan fingerprint density at radius 2 is 0.902 bits per heavy atom. The quantitative estimate of drug-likeness (QED) is 0.0910. The summed E-state index contributed by atoms with van der Waals surface area (Å²) < 4.78 is 95.2. The first-order chi connectivity index (χ1) is 24.5. The zero-order valence-electron chi connectivity index (χ0n) is 28.2. The molecule has 4 aromatic carbocycles. The van der Waals surface area contributed by atoms with Gasteiger partial charge in [0, 0.05) is 11.1 Å². The second kappa shape index (κ2) is 15.2. The summed E-state index contributed by atoms with van der Waals surface area (Å²) in [4.78, 5) is 0. The highest BCUT2D eigenvalue weighted by Gasteiger charge is 2.41. The van der Waals surface area contributed by atoms with Crippen LogP contribution in [0.15, 0.2) is 110 Å². The fourth-order valence-corrected chi connectivity index (χ4v) is 7.89. The Hall–Kier alpha value is -4.78. The zero-order valence-corrected chi connectivity index (χ0v) is 28.2. The van der Waals surface area contributed by atoms with Crippen LogP contribution in [0.25, 0.3) is 24.3 Å². The number of halogens is 6. The molecule has 0 bridgehead atoms. The third kappa shape index (κ3) is 7.93. The van der Waals surface area contributed by atoms with E-state index < -0.39 is 23.5 Å². The van der Waals surface area contributed by atoms with E-state index in [-0.39, 0.29) is 46.3 Å². The summed E-state index contributed by atoms with van der Waals surface area (Å²) >= 11 is 0. The number of alkyl halides is 6. The lowest BCUT2D eigenvalue weighted by molar-refractivity contribution is -0.138. The van der Waals surface area contributed by atoms with E-state index in [2.05, 4.69) is 13.2 Å². The molecule has 0 aliphatic heterocycles. The van der Waals surface area contributed by atoms with E-state index in [9.17, 15) is 26.3 Å². The van der Waals surface area contributed by atoms with Gasteiger partial charge in [0.1, 0.15) is 11.5 Å². The van der Waals surface area contributed by atoms with Gasteiger partial charge in [0.25, 0.3) is 0 Å². The fourth-order valence-electron chi connectivity index (χ4n) is 7.89. The fraction of sp³-hybridized carbons (Fsp3) is 0.273. The van der Waals surface area contributed by atoms with Gasteiger partial charge in [-0.25, -0.2) is 0 Å². The predicted octanol–water partition coefficient (Wildman–Crippen LogP) is 14.0. The molecule has 0 radical (unpaired) electrons. The standard InChI is InChI=1S/C44H40F6O/c1-3-31-17-11-19-33(31)41-35(23-21-29-13-7-5-8-14-29)37(43(45,46)47)25-27-39(41)51-40-28-26-38(44(48,49)50)36(24-22-30-15-9-6-10-16-30)42(40)34-20-12-18-32(34)4-2/h3-10,13-16,21-28,31-34H,1-2,11-12,17-20H2. The molecule has 4 aromatic rings. The molecule has 51 heavy (non-hydrogen) atoms. The van der Waals surface area contributed by atoms with Crippen molar-refractivity contribution in [1.29, 1.82) is 0 Å². The molecule has 6 rings (SSSR count). The van der Waals surface area contributed by atoms with Crippen molar-refractivity contribution in [3.8, 4) is 11.5 Å². The first-order valence-corrected chi connectivity index (χ1v) is 17.4. The Morgan fingerprint density at radius 1 is 0.510 bits per heavy atom. The molecule has 2 fully saturated rings. The number of hydrogen-bond donors (Lipinski definition) is 0. The first-order valence-electron chi connectivity index (χ1n) is 17.4. The van der Waals surface area contributed by atoms with Crippen molar-refractivity contribution in [2.75, 3.05) is 0 Å². The zero-order chi connectivity index (χ0) is 36.2. The van der Waals surface area contributed by atoms with Crippen LogP contribution in [-0.2, 0) is 12.4 Å². The molecule has 0 spiro atoms. The van der Waals surface area contributed by atoms with Crippen molar-refractivity contribution < 1.29 is 31.1 Å². The highest BCUT2D eigenvalue weighted by atomic mass is 19.4. The summed E-state index contributed by atoms with van der Waals surface area (Å²) in [5.74, 6) is -0.480. The summed E-state index contributed by atoms with van der Waals surface area (Å²) in [5, 5.41) is 0. The number of ether oxygens (including phenoxy) is 1. The van der Waals surface area contributed by atoms with Crippen LogP contribution in [0.3, 0.4) is 0 Å².